The molecule has 4 fully saturated rings. The zero-order valence-corrected chi connectivity index (χ0v) is 22.8. The van der Waals surface area contributed by atoms with E-state index in [-0.39, 0.29) is 5.92 Å². The molecule has 4 saturated heterocycles. The van der Waals surface area contributed by atoms with Crippen molar-refractivity contribution in [1.29, 1.82) is 0 Å². The molecule has 0 aliphatic carbocycles. The lowest BCUT2D eigenvalue weighted by atomic mass is 9.79. The van der Waals surface area contributed by atoms with Gasteiger partial charge in [0.15, 0.2) is 0 Å². The number of anilines is 2. The van der Waals surface area contributed by atoms with Gasteiger partial charge in [0.1, 0.15) is 11.5 Å². The number of hydrogen-bond acceptors (Lipinski definition) is 3. The predicted octanol–water partition coefficient (Wildman–Crippen LogP) is 8.70. The van der Waals surface area contributed by atoms with Gasteiger partial charge in [-0.2, -0.15) is 0 Å². The van der Waals surface area contributed by atoms with E-state index in [0.29, 0.717) is 24.2 Å². The van der Waals surface area contributed by atoms with E-state index in [1.165, 1.54) is 95.8 Å². The minimum absolute atomic E-state index is 0.155. The van der Waals surface area contributed by atoms with Crippen molar-refractivity contribution in [3.05, 3.63) is 95.1 Å². The lowest BCUT2D eigenvalue weighted by Gasteiger charge is -2.33. The first-order chi connectivity index (χ1) is 19.2. The van der Waals surface area contributed by atoms with E-state index >= 15 is 0 Å². The van der Waals surface area contributed by atoms with Gasteiger partial charge in [-0.3, -0.25) is 0 Å². The summed E-state index contributed by atoms with van der Waals surface area (Å²) in [6, 6.07) is 30.6. The molecule has 0 amide bonds. The highest BCUT2D eigenvalue weighted by Gasteiger charge is 2.42. The first kappa shape index (κ1) is 22.4. The summed E-state index contributed by atoms with van der Waals surface area (Å²) in [4.78, 5) is 5.41. The molecule has 5 heterocycles. The van der Waals surface area contributed by atoms with E-state index in [9.17, 15) is 0 Å². The highest BCUT2D eigenvalue weighted by Crippen LogP contribution is 2.53. The maximum absolute atomic E-state index is 6.90. The van der Waals surface area contributed by atoms with Crippen LogP contribution in [0.25, 0.3) is 10.8 Å². The number of hydrogen-bond donors (Lipinski definition) is 0. The SMILES string of the molecule is Cc1cccc2cccc(C3c4ccc(N5C6CCC5CC6)cc4Oc4cc(N5C6CCC5CC6)ccc43)c12. The smallest absolute Gasteiger partial charge is 0.133 e. The fourth-order valence-corrected chi connectivity index (χ4v) is 9.11. The van der Waals surface area contributed by atoms with Gasteiger partial charge in [0.05, 0.1) is 0 Å². The van der Waals surface area contributed by atoms with Crippen LogP contribution < -0.4 is 14.5 Å². The standard InChI is InChI=1S/C36H36N2O/c1-22-4-2-5-23-6-3-7-32(35(22)23)36-30-18-16-28(37-24-8-9-25(37)11-10-24)20-33(30)39-34-21-29(17-19-31(34)36)38-26-12-13-27(38)15-14-26/h2-7,16-21,24-27,36H,8-15H2,1H3. The van der Waals surface area contributed by atoms with E-state index in [4.69, 9.17) is 4.74 Å². The quantitative estimate of drug-likeness (QED) is 0.240. The van der Waals surface area contributed by atoms with Gasteiger partial charge in [-0.05, 0) is 92.3 Å². The van der Waals surface area contributed by atoms with Gasteiger partial charge in [-0.25, -0.2) is 0 Å². The number of rotatable bonds is 3. The second kappa shape index (κ2) is 8.27. The topological polar surface area (TPSA) is 15.7 Å². The Kier molecular flexibility index (Phi) is 4.74. The molecule has 39 heavy (non-hydrogen) atoms. The maximum Gasteiger partial charge on any atom is 0.133 e. The number of benzene rings is 4. The van der Waals surface area contributed by atoms with Gasteiger partial charge in [-0.1, -0.05) is 48.5 Å². The molecule has 4 bridgehead atoms. The van der Waals surface area contributed by atoms with Crippen LogP contribution in [0.15, 0.2) is 72.8 Å². The monoisotopic (exact) mass is 512 g/mol. The highest BCUT2D eigenvalue weighted by atomic mass is 16.5. The summed E-state index contributed by atoms with van der Waals surface area (Å²) in [5.41, 5.74) is 8.02. The fourth-order valence-electron chi connectivity index (χ4n) is 9.11. The molecule has 0 saturated carbocycles. The predicted molar refractivity (Wildman–Crippen MR) is 160 cm³/mol. The highest BCUT2D eigenvalue weighted by molar-refractivity contribution is 5.90. The van der Waals surface area contributed by atoms with Crippen molar-refractivity contribution in [3.63, 3.8) is 0 Å². The van der Waals surface area contributed by atoms with Crippen molar-refractivity contribution in [2.24, 2.45) is 0 Å². The molecule has 0 radical (unpaired) electrons. The molecule has 0 atom stereocenters. The zero-order valence-electron chi connectivity index (χ0n) is 22.8. The minimum atomic E-state index is 0.155. The van der Waals surface area contributed by atoms with Gasteiger partial charge in [-0.15, -0.1) is 0 Å². The molecule has 5 aliphatic rings. The number of aryl methyl sites for hydroxylation is 1. The third-order valence-electron chi connectivity index (χ3n) is 10.8. The molecule has 3 heteroatoms. The average molecular weight is 513 g/mol. The van der Waals surface area contributed by atoms with E-state index in [1.807, 2.05) is 0 Å². The van der Waals surface area contributed by atoms with E-state index in [0.717, 1.165) is 11.5 Å². The van der Waals surface area contributed by atoms with E-state index in [2.05, 4.69) is 89.5 Å². The van der Waals surface area contributed by atoms with E-state index in [1.54, 1.807) is 0 Å². The summed E-state index contributed by atoms with van der Waals surface area (Å²) in [7, 11) is 0. The molecule has 196 valence electrons. The van der Waals surface area contributed by atoms with Gasteiger partial charge >= 0.3 is 0 Å². The number of nitrogens with zero attached hydrogens (tertiary/aromatic N) is 2. The molecule has 4 aromatic rings. The summed E-state index contributed by atoms with van der Waals surface area (Å²) in [6.07, 6.45) is 10.7. The summed E-state index contributed by atoms with van der Waals surface area (Å²) in [5, 5.41) is 2.70. The molecular weight excluding hydrogens is 476 g/mol. The molecule has 0 unspecified atom stereocenters. The second-order valence-electron chi connectivity index (χ2n) is 12.7. The van der Waals surface area contributed by atoms with Crippen LogP contribution in [0.4, 0.5) is 11.4 Å². The first-order valence-electron chi connectivity index (χ1n) is 15.2. The van der Waals surface area contributed by atoms with Crippen LogP contribution in [0.3, 0.4) is 0 Å². The van der Waals surface area contributed by atoms with Crippen LogP contribution in [0.2, 0.25) is 0 Å². The van der Waals surface area contributed by atoms with Crippen molar-refractivity contribution in [2.75, 3.05) is 9.80 Å². The summed E-state index contributed by atoms with van der Waals surface area (Å²) in [6.45, 7) is 2.26. The zero-order chi connectivity index (χ0) is 25.7. The Bertz CT molecular complexity index is 1500. The number of ether oxygens (including phenoxy) is 1. The normalized spacial score (nSPS) is 28.2. The second-order valence-corrected chi connectivity index (χ2v) is 12.7. The molecule has 0 spiro atoms. The Balaban J connectivity index is 1.22. The van der Waals surface area contributed by atoms with Gasteiger partial charge < -0.3 is 14.5 Å². The van der Waals surface area contributed by atoms with Gasteiger partial charge in [0.2, 0.25) is 0 Å². The Morgan fingerprint density at radius 2 is 1.05 bits per heavy atom. The Morgan fingerprint density at radius 1 is 0.564 bits per heavy atom. The van der Waals surface area contributed by atoms with Gasteiger partial charge in [0.25, 0.3) is 0 Å². The van der Waals surface area contributed by atoms with Crippen molar-refractivity contribution in [3.8, 4) is 11.5 Å². The summed E-state index contributed by atoms with van der Waals surface area (Å²) >= 11 is 0. The van der Waals surface area contributed by atoms with Crippen molar-refractivity contribution in [1.82, 2.24) is 0 Å². The lowest BCUT2D eigenvalue weighted by Crippen LogP contribution is -2.28. The van der Waals surface area contributed by atoms with Crippen molar-refractivity contribution >= 4 is 22.1 Å². The summed E-state index contributed by atoms with van der Waals surface area (Å²) < 4.78 is 6.90. The Labute approximate surface area is 231 Å². The van der Waals surface area contributed by atoms with E-state index < -0.39 is 0 Å². The lowest BCUT2D eigenvalue weighted by molar-refractivity contribution is 0.453. The molecule has 0 N–H and O–H groups in total. The molecule has 4 aromatic carbocycles. The molecular formula is C36H36N2O. The first-order valence-corrected chi connectivity index (χ1v) is 15.2. The third kappa shape index (κ3) is 3.22. The Morgan fingerprint density at radius 3 is 1.56 bits per heavy atom. The van der Waals surface area contributed by atoms with Crippen LogP contribution >= 0.6 is 0 Å². The Hall–Kier alpha value is -3.46. The maximum atomic E-state index is 6.90. The van der Waals surface area contributed by atoms with Crippen LogP contribution in [0.5, 0.6) is 11.5 Å². The fraction of sp³-hybridized carbons (Fsp3) is 0.389. The molecule has 5 aliphatic heterocycles. The largest absolute Gasteiger partial charge is 0.457 e. The van der Waals surface area contributed by atoms with Crippen LogP contribution in [-0.2, 0) is 0 Å². The van der Waals surface area contributed by atoms with Crippen LogP contribution in [0.1, 0.15) is 79.5 Å². The third-order valence-corrected chi connectivity index (χ3v) is 10.8. The average Bonchev–Trinajstić information content (AvgIpc) is 3.77. The number of fused-ring (bicyclic) bond motifs is 7. The van der Waals surface area contributed by atoms with Crippen molar-refractivity contribution < 1.29 is 4.74 Å². The molecule has 3 nitrogen and oxygen atoms in total. The molecule has 0 aromatic heterocycles. The van der Waals surface area contributed by atoms with Crippen LogP contribution in [-0.4, -0.2) is 24.2 Å². The van der Waals surface area contributed by atoms with Gasteiger partial charge in [0, 0.05) is 64.7 Å². The molecule has 9 rings (SSSR count). The van der Waals surface area contributed by atoms with Crippen LogP contribution in [0, 0.1) is 6.92 Å². The van der Waals surface area contributed by atoms with Crippen molar-refractivity contribution in [2.45, 2.75) is 88.4 Å². The summed E-state index contributed by atoms with van der Waals surface area (Å²) in [5.74, 6) is 2.24. The minimum Gasteiger partial charge on any atom is -0.457 e.